The van der Waals surface area contributed by atoms with Crippen molar-refractivity contribution in [2.24, 2.45) is 0 Å². The molecule has 3 nitrogen and oxygen atoms in total. The highest BCUT2D eigenvalue weighted by Crippen LogP contribution is 2.25. The summed E-state index contributed by atoms with van der Waals surface area (Å²) in [6.45, 7) is 0.623. The highest BCUT2D eigenvalue weighted by atomic mass is 35.5. The fourth-order valence-electron chi connectivity index (χ4n) is 1.91. The highest BCUT2D eigenvalue weighted by Gasteiger charge is 2.08. The maximum absolute atomic E-state index is 6.01. The molecular formula is C14H12ClN3S. The fraction of sp³-hybridized carbons (Fsp3) is 0.0714. The van der Waals surface area contributed by atoms with Crippen molar-refractivity contribution in [1.29, 1.82) is 0 Å². The lowest BCUT2D eigenvalue weighted by Gasteiger charge is -2.04. The highest BCUT2D eigenvalue weighted by molar-refractivity contribution is 7.13. The smallest absolute Gasteiger partial charge is 0.122 e. The van der Waals surface area contributed by atoms with Crippen molar-refractivity contribution in [2.75, 3.05) is 5.73 Å². The van der Waals surface area contributed by atoms with E-state index in [1.54, 1.807) is 16.0 Å². The van der Waals surface area contributed by atoms with Crippen LogP contribution in [-0.4, -0.2) is 9.78 Å². The molecular weight excluding hydrogens is 278 g/mol. The number of rotatable bonds is 3. The van der Waals surface area contributed by atoms with Crippen LogP contribution in [0.1, 0.15) is 5.56 Å². The van der Waals surface area contributed by atoms with Crippen molar-refractivity contribution < 1.29 is 0 Å². The van der Waals surface area contributed by atoms with Crippen LogP contribution in [-0.2, 0) is 6.54 Å². The second-order valence-corrected chi connectivity index (χ2v) is 5.60. The van der Waals surface area contributed by atoms with Crippen molar-refractivity contribution in [3.63, 3.8) is 0 Å². The number of nitrogens with two attached hydrogens (primary N) is 1. The quantitative estimate of drug-likeness (QED) is 0.795. The van der Waals surface area contributed by atoms with E-state index in [4.69, 9.17) is 17.3 Å². The third-order valence-electron chi connectivity index (χ3n) is 2.81. The van der Waals surface area contributed by atoms with Crippen LogP contribution in [0.25, 0.3) is 10.6 Å². The first-order chi connectivity index (χ1) is 9.22. The van der Waals surface area contributed by atoms with Gasteiger partial charge in [-0.15, -0.1) is 11.3 Å². The molecule has 5 heteroatoms. The topological polar surface area (TPSA) is 43.8 Å². The van der Waals surface area contributed by atoms with E-state index in [0.717, 1.165) is 21.2 Å². The van der Waals surface area contributed by atoms with Crippen molar-refractivity contribution in [2.45, 2.75) is 6.54 Å². The first kappa shape index (κ1) is 12.3. The Morgan fingerprint density at radius 1 is 1.21 bits per heavy atom. The van der Waals surface area contributed by atoms with Gasteiger partial charge in [-0.25, -0.2) is 4.68 Å². The molecule has 0 fully saturated rings. The Bertz CT molecular complexity index is 689. The molecule has 0 atom stereocenters. The van der Waals surface area contributed by atoms with Gasteiger partial charge in [0.05, 0.1) is 11.4 Å². The normalized spacial score (nSPS) is 10.8. The number of anilines is 1. The van der Waals surface area contributed by atoms with E-state index in [0.29, 0.717) is 12.4 Å². The summed E-state index contributed by atoms with van der Waals surface area (Å²) in [6, 6.07) is 13.7. The molecule has 0 aliphatic rings. The van der Waals surface area contributed by atoms with Crippen LogP contribution in [0.15, 0.2) is 47.8 Å². The zero-order valence-electron chi connectivity index (χ0n) is 10.1. The Morgan fingerprint density at radius 3 is 2.84 bits per heavy atom. The van der Waals surface area contributed by atoms with Crippen LogP contribution < -0.4 is 5.73 Å². The molecule has 0 aliphatic carbocycles. The summed E-state index contributed by atoms with van der Waals surface area (Å²) in [6.07, 6.45) is 0. The Morgan fingerprint density at radius 2 is 2.11 bits per heavy atom. The SMILES string of the molecule is Nc1cc(-c2cccs2)nn1Cc1cccc(Cl)c1. The van der Waals surface area contributed by atoms with Crippen LogP contribution in [0.5, 0.6) is 0 Å². The number of halogens is 1. The molecule has 1 aromatic carbocycles. The van der Waals surface area contributed by atoms with Crippen LogP contribution >= 0.6 is 22.9 Å². The lowest BCUT2D eigenvalue weighted by Crippen LogP contribution is -2.05. The Labute approximate surface area is 120 Å². The predicted octanol–water partition coefficient (Wildman–Crippen LogP) is 3.90. The first-order valence-corrected chi connectivity index (χ1v) is 7.10. The van der Waals surface area contributed by atoms with Crippen LogP contribution in [0.4, 0.5) is 5.82 Å². The largest absolute Gasteiger partial charge is 0.384 e. The van der Waals surface area contributed by atoms with E-state index in [1.165, 1.54) is 0 Å². The number of aromatic nitrogens is 2. The maximum atomic E-state index is 6.01. The molecule has 3 rings (SSSR count). The van der Waals surface area contributed by atoms with Crippen LogP contribution in [0, 0.1) is 0 Å². The molecule has 2 N–H and O–H groups in total. The van der Waals surface area contributed by atoms with E-state index in [1.807, 2.05) is 47.8 Å². The second kappa shape index (κ2) is 5.07. The monoisotopic (exact) mass is 289 g/mol. The third-order valence-corrected chi connectivity index (χ3v) is 3.93. The van der Waals surface area contributed by atoms with E-state index >= 15 is 0 Å². The number of nitrogen functional groups attached to an aromatic ring is 1. The lowest BCUT2D eigenvalue weighted by molar-refractivity contribution is 0.700. The van der Waals surface area contributed by atoms with Gasteiger partial charge in [0, 0.05) is 11.1 Å². The summed E-state index contributed by atoms with van der Waals surface area (Å²) in [7, 11) is 0. The zero-order chi connectivity index (χ0) is 13.2. The van der Waals surface area contributed by atoms with Gasteiger partial charge in [0.2, 0.25) is 0 Å². The second-order valence-electron chi connectivity index (χ2n) is 4.22. The molecule has 0 saturated heterocycles. The molecule has 19 heavy (non-hydrogen) atoms. The Balaban J connectivity index is 1.90. The standard InChI is InChI=1S/C14H12ClN3S/c15-11-4-1-3-10(7-11)9-18-14(16)8-12(17-18)13-5-2-6-19-13/h1-8H,9,16H2. The number of hydrogen-bond acceptors (Lipinski definition) is 3. The fourth-order valence-corrected chi connectivity index (χ4v) is 2.81. The summed E-state index contributed by atoms with van der Waals surface area (Å²) in [5, 5.41) is 7.29. The number of nitrogens with zero attached hydrogens (tertiary/aromatic N) is 2. The lowest BCUT2D eigenvalue weighted by atomic mass is 10.2. The van der Waals surface area contributed by atoms with Gasteiger partial charge >= 0.3 is 0 Å². The molecule has 0 radical (unpaired) electrons. The molecule has 0 aliphatic heterocycles. The van der Waals surface area contributed by atoms with E-state index in [-0.39, 0.29) is 0 Å². The van der Waals surface area contributed by atoms with E-state index in [9.17, 15) is 0 Å². The number of benzene rings is 1. The molecule has 0 spiro atoms. The molecule has 0 amide bonds. The van der Waals surface area contributed by atoms with Crippen LogP contribution in [0.3, 0.4) is 0 Å². The van der Waals surface area contributed by atoms with Gasteiger partial charge in [-0.1, -0.05) is 29.8 Å². The first-order valence-electron chi connectivity index (χ1n) is 5.84. The Hall–Kier alpha value is -1.78. The van der Waals surface area contributed by atoms with Gasteiger partial charge in [-0.2, -0.15) is 5.10 Å². The van der Waals surface area contributed by atoms with Crippen molar-refractivity contribution in [1.82, 2.24) is 9.78 Å². The summed E-state index contributed by atoms with van der Waals surface area (Å²) < 4.78 is 1.79. The minimum absolute atomic E-state index is 0.623. The molecule has 0 bridgehead atoms. The minimum atomic E-state index is 0.623. The molecule has 2 aromatic heterocycles. The van der Waals surface area contributed by atoms with Crippen molar-refractivity contribution in [3.8, 4) is 10.6 Å². The summed E-state index contributed by atoms with van der Waals surface area (Å²) in [5.74, 6) is 0.656. The molecule has 2 heterocycles. The average Bonchev–Trinajstić information content (AvgIpc) is 3.00. The van der Waals surface area contributed by atoms with Crippen LogP contribution in [0.2, 0.25) is 5.02 Å². The van der Waals surface area contributed by atoms with Gasteiger partial charge in [0.25, 0.3) is 0 Å². The van der Waals surface area contributed by atoms with E-state index in [2.05, 4.69) is 5.10 Å². The molecule has 96 valence electrons. The predicted molar refractivity (Wildman–Crippen MR) is 80.5 cm³/mol. The molecule has 3 aromatic rings. The number of hydrogen-bond donors (Lipinski definition) is 1. The molecule has 0 unspecified atom stereocenters. The van der Waals surface area contributed by atoms with Gasteiger partial charge in [0.15, 0.2) is 0 Å². The summed E-state index contributed by atoms with van der Waals surface area (Å²) >= 11 is 7.63. The third kappa shape index (κ3) is 2.64. The van der Waals surface area contributed by atoms with Crippen molar-refractivity contribution >= 4 is 28.8 Å². The Kier molecular flexibility index (Phi) is 3.27. The summed E-state index contributed by atoms with van der Waals surface area (Å²) in [5.41, 5.74) is 8.00. The summed E-state index contributed by atoms with van der Waals surface area (Å²) in [4.78, 5) is 1.12. The van der Waals surface area contributed by atoms with Gasteiger partial charge in [-0.05, 0) is 29.1 Å². The molecule has 0 saturated carbocycles. The van der Waals surface area contributed by atoms with Gasteiger partial charge < -0.3 is 5.73 Å². The minimum Gasteiger partial charge on any atom is -0.384 e. The van der Waals surface area contributed by atoms with Gasteiger partial charge in [0.1, 0.15) is 11.5 Å². The zero-order valence-corrected chi connectivity index (χ0v) is 11.7. The van der Waals surface area contributed by atoms with Gasteiger partial charge in [-0.3, -0.25) is 0 Å². The van der Waals surface area contributed by atoms with Crippen molar-refractivity contribution in [3.05, 3.63) is 58.4 Å². The maximum Gasteiger partial charge on any atom is 0.122 e. The number of thiophene rings is 1. The van der Waals surface area contributed by atoms with E-state index < -0.39 is 0 Å². The average molecular weight is 290 g/mol.